The minimum atomic E-state index is -3.37. The summed E-state index contributed by atoms with van der Waals surface area (Å²) in [5.74, 6) is 0.277. The van der Waals surface area contributed by atoms with Crippen LogP contribution < -0.4 is 5.32 Å². The van der Waals surface area contributed by atoms with E-state index in [4.69, 9.17) is 0 Å². The molecule has 1 aromatic rings. The number of hydrogen-bond donors (Lipinski definition) is 1. The first-order valence-corrected chi connectivity index (χ1v) is 12.3. The van der Waals surface area contributed by atoms with Gasteiger partial charge in [0.2, 0.25) is 5.91 Å². The minimum Gasteiger partial charge on any atom is -0.355 e. The molecule has 3 heterocycles. The van der Waals surface area contributed by atoms with Gasteiger partial charge in [0, 0.05) is 32.1 Å². The second kappa shape index (κ2) is 9.49. The number of carbonyl (C=O) groups excluding carboxylic acids is 1. The Labute approximate surface area is 167 Å². The van der Waals surface area contributed by atoms with Crippen molar-refractivity contribution >= 4 is 27.3 Å². The monoisotopic (exact) mass is 413 g/mol. The molecular weight excluding hydrogens is 382 g/mol. The first-order chi connectivity index (χ1) is 13.0. The van der Waals surface area contributed by atoms with Crippen molar-refractivity contribution in [2.75, 3.05) is 39.3 Å². The number of thiophene rings is 1. The SMILES string of the molecule is C[C@H](C(=O)NCCN1CCCCC1)C1CCN(S(=O)(=O)c2cccs2)CC1. The molecule has 0 aliphatic carbocycles. The highest BCUT2D eigenvalue weighted by Crippen LogP contribution is 2.29. The lowest BCUT2D eigenvalue weighted by atomic mass is 9.85. The Morgan fingerprint density at radius 1 is 1.22 bits per heavy atom. The van der Waals surface area contributed by atoms with Crippen molar-refractivity contribution in [3.8, 4) is 0 Å². The summed E-state index contributed by atoms with van der Waals surface area (Å²) in [5.41, 5.74) is 0. The van der Waals surface area contributed by atoms with Gasteiger partial charge in [0.1, 0.15) is 4.21 Å². The smallest absolute Gasteiger partial charge is 0.252 e. The lowest BCUT2D eigenvalue weighted by molar-refractivity contribution is -0.126. The Morgan fingerprint density at radius 3 is 2.56 bits per heavy atom. The van der Waals surface area contributed by atoms with Crippen molar-refractivity contribution in [1.82, 2.24) is 14.5 Å². The maximum absolute atomic E-state index is 12.6. The second-order valence-corrected chi connectivity index (χ2v) is 10.8. The second-order valence-electron chi connectivity index (χ2n) is 7.66. The highest BCUT2D eigenvalue weighted by Gasteiger charge is 2.33. The largest absolute Gasteiger partial charge is 0.355 e. The van der Waals surface area contributed by atoms with Crippen LogP contribution in [0.25, 0.3) is 0 Å². The normalized spacial score (nSPS) is 21.8. The Hall–Kier alpha value is -0.960. The van der Waals surface area contributed by atoms with Crippen LogP contribution >= 0.6 is 11.3 Å². The van der Waals surface area contributed by atoms with Crippen molar-refractivity contribution in [3.05, 3.63) is 17.5 Å². The molecule has 0 bridgehead atoms. The molecule has 152 valence electrons. The van der Waals surface area contributed by atoms with Crippen molar-refractivity contribution in [2.45, 2.75) is 43.2 Å². The van der Waals surface area contributed by atoms with E-state index in [0.29, 0.717) is 23.8 Å². The van der Waals surface area contributed by atoms with E-state index in [2.05, 4.69) is 10.2 Å². The molecule has 0 aromatic carbocycles. The predicted molar refractivity (Wildman–Crippen MR) is 108 cm³/mol. The summed E-state index contributed by atoms with van der Waals surface area (Å²) in [7, 11) is -3.37. The van der Waals surface area contributed by atoms with Crippen molar-refractivity contribution in [3.63, 3.8) is 0 Å². The van der Waals surface area contributed by atoms with Gasteiger partial charge in [-0.05, 0) is 56.1 Å². The molecule has 3 rings (SSSR count). The van der Waals surface area contributed by atoms with Crippen LogP contribution in [-0.4, -0.2) is 62.8 Å². The zero-order chi connectivity index (χ0) is 19.3. The number of amides is 1. The topological polar surface area (TPSA) is 69.7 Å². The molecule has 1 N–H and O–H groups in total. The van der Waals surface area contributed by atoms with Crippen LogP contribution in [-0.2, 0) is 14.8 Å². The summed E-state index contributed by atoms with van der Waals surface area (Å²) in [6, 6.07) is 3.42. The van der Waals surface area contributed by atoms with Gasteiger partial charge in [-0.3, -0.25) is 4.79 Å². The summed E-state index contributed by atoms with van der Waals surface area (Å²) in [4.78, 5) is 14.9. The summed E-state index contributed by atoms with van der Waals surface area (Å²) in [6.07, 6.45) is 5.33. The van der Waals surface area contributed by atoms with Crippen molar-refractivity contribution in [1.29, 1.82) is 0 Å². The number of rotatable bonds is 7. The van der Waals surface area contributed by atoms with Crippen LogP contribution in [0.1, 0.15) is 39.0 Å². The Bertz CT molecular complexity index is 692. The van der Waals surface area contributed by atoms with Crippen molar-refractivity contribution < 1.29 is 13.2 Å². The average molecular weight is 414 g/mol. The predicted octanol–water partition coefficient (Wildman–Crippen LogP) is 2.39. The number of nitrogens with one attached hydrogen (secondary N) is 1. The van der Waals surface area contributed by atoms with Gasteiger partial charge in [0.05, 0.1) is 0 Å². The molecule has 0 spiro atoms. The molecule has 27 heavy (non-hydrogen) atoms. The number of hydrogen-bond acceptors (Lipinski definition) is 5. The van der Waals surface area contributed by atoms with E-state index in [1.165, 1.54) is 30.6 Å². The maximum atomic E-state index is 12.6. The van der Waals surface area contributed by atoms with E-state index < -0.39 is 10.0 Å². The van der Waals surface area contributed by atoms with Crippen LogP contribution in [0.15, 0.2) is 21.7 Å². The Balaban J connectivity index is 1.42. The molecule has 8 heteroatoms. The minimum absolute atomic E-state index is 0.0713. The third kappa shape index (κ3) is 5.31. The van der Waals surface area contributed by atoms with Gasteiger partial charge >= 0.3 is 0 Å². The molecule has 2 saturated heterocycles. The number of piperidine rings is 2. The molecule has 2 aliphatic rings. The lowest BCUT2D eigenvalue weighted by Crippen LogP contribution is -2.44. The highest BCUT2D eigenvalue weighted by atomic mass is 32.2. The van der Waals surface area contributed by atoms with E-state index in [9.17, 15) is 13.2 Å². The van der Waals surface area contributed by atoms with Crippen LogP contribution in [0.2, 0.25) is 0 Å². The molecular formula is C19H31N3O3S2. The molecule has 0 radical (unpaired) electrons. The van der Waals surface area contributed by atoms with Gasteiger partial charge < -0.3 is 10.2 Å². The molecule has 1 amide bonds. The standard InChI is InChI=1S/C19H31N3O3S2/c1-16(19(23)20-9-14-21-10-3-2-4-11-21)17-7-12-22(13-8-17)27(24,25)18-6-5-15-26-18/h5-6,15-17H,2-4,7-14H2,1H3,(H,20,23)/t16-/m0/s1. The number of nitrogens with zero attached hydrogens (tertiary/aromatic N) is 2. The van der Waals surface area contributed by atoms with Crippen LogP contribution in [0.5, 0.6) is 0 Å². The van der Waals surface area contributed by atoms with E-state index in [1.807, 2.05) is 6.92 Å². The third-order valence-electron chi connectivity index (χ3n) is 5.88. The molecule has 2 aliphatic heterocycles. The first kappa shape index (κ1) is 20.8. The van der Waals surface area contributed by atoms with Crippen molar-refractivity contribution in [2.24, 2.45) is 11.8 Å². The van der Waals surface area contributed by atoms with Gasteiger partial charge in [-0.25, -0.2) is 8.42 Å². The lowest BCUT2D eigenvalue weighted by Gasteiger charge is -2.33. The fourth-order valence-corrected chi connectivity index (χ4v) is 6.66. The van der Waals surface area contributed by atoms with E-state index in [-0.39, 0.29) is 17.7 Å². The average Bonchev–Trinajstić information content (AvgIpc) is 3.24. The summed E-state index contributed by atoms with van der Waals surface area (Å²) in [5, 5.41) is 4.87. The molecule has 1 atom stereocenters. The van der Waals surface area contributed by atoms with Crippen LogP contribution in [0.4, 0.5) is 0 Å². The first-order valence-electron chi connectivity index (χ1n) is 10.0. The Kier molecular flexibility index (Phi) is 7.30. The fourth-order valence-electron chi connectivity index (χ4n) is 4.05. The van der Waals surface area contributed by atoms with Crippen LogP contribution in [0.3, 0.4) is 0 Å². The summed E-state index contributed by atoms with van der Waals surface area (Å²) < 4.78 is 27.2. The number of sulfonamides is 1. The van der Waals surface area contributed by atoms with E-state index in [0.717, 1.165) is 32.5 Å². The van der Waals surface area contributed by atoms with E-state index >= 15 is 0 Å². The van der Waals surface area contributed by atoms with Gasteiger partial charge in [-0.1, -0.05) is 19.4 Å². The van der Waals surface area contributed by atoms with Gasteiger partial charge in [-0.2, -0.15) is 4.31 Å². The summed E-state index contributed by atoms with van der Waals surface area (Å²) in [6.45, 7) is 6.88. The van der Waals surface area contributed by atoms with Gasteiger partial charge in [0.15, 0.2) is 0 Å². The van der Waals surface area contributed by atoms with E-state index in [1.54, 1.807) is 21.8 Å². The fraction of sp³-hybridized carbons (Fsp3) is 0.737. The molecule has 0 saturated carbocycles. The quantitative estimate of drug-likeness (QED) is 0.745. The molecule has 1 aromatic heterocycles. The zero-order valence-corrected chi connectivity index (χ0v) is 17.7. The molecule has 6 nitrogen and oxygen atoms in total. The maximum Gasteiger partial charge on any atom is 0.252 e. The molecule has 0 unspecified atom stereocenters. The Morgan fingerprint density at radius 2 is 1.93 bits per heavy atom. The number of likely N-dealkylation sites (tertiary alicyclic amines) is 1. The van der Waals surface area contributed by atoms with Gasteiger partial charge in [-0.15, -0.1) is 11.3 Å². The van der Waals surface area contributed by atoms with Crippen LogP contribution in [0, 0.1) is 11.8 Å². The third-order valence-corrected chi connectivity index (χ3v) is 9.16. The molecule has 2 fully saturated rings. The summed E-state index contributed by atoms with van der Waals surface area (Å²) >= 11 is 1.26. The highest BCUT2D eigenvalue weighted by molar-refractivity contribution is 7.91. The zero-order valence-electron chi connectivity index (χ0n) is 16.1. The number of carbonyl (C=O) groups is 1. The van der Waals surface area contributed by atoms with Gasteiger partial charge in [0.25, 0.3) is 10.0 Å².